The normalized spacial score (nSPS) is 8.12. The maximum atomic E-state index is 10.0. The van der Waals surface area contributed by atoms with Crippen LogP contribution in [-0.4, -0.2) is 10.1 Å². The van der Waals surface area contributed by atoms with Gasteiger partial charge in [-0.3, -0.25) is 9.51 Å². The Bertz CT molecular complexity index is 208. The van der Waals surface area contributed by atoms with E-state index in [1.165, 1.54) is 0 Å². The van der Waals surface area contributed by atoms with Crippen molar-refractivity contribution in [2.45, 2.75) is 6.92 Å². The topological polar surface area (TPSA) is 58.9 Å². The summed E-state index contributed by atoms with van der Waals surface area (Å²) in [5.74, 6) is 0.00231. The first-order chi connectivity index (χ1) is 3.29. The molecule has 0 atom stereocenters. The number of hydrogen-bond acceptors (Lipinski definition) is 3. The van der Waals surface area contributed by atoms with Gasteiger partial charge in [-0.05, 0) is 6.92 Å². The van der Waals surface area contributed by atoms with Gasteiger partial charge in [-0.2, -0.15) is 0 Å². The molecule has 5 heteroatoms. The van der Waals surface area contributed by atoms with Crippen LogP contribution in [0.1, 0.15) is 7.25 Å². The maximum Gasteiger partial charge on any atom is 0.438 e. The minimum atomic E-state index is -0.502. The minimum absolute atomic E-state index is 0. The molecule has 1 rings (SSSR count). The van der Waals surface area contributed by atoms with Crippen LogP contribution >= 0.6 is 24.0 Å². The third-order valence-corrected chi connectivity index (χ3v) is 0.548. The Morgan fingerprint density at radius 1 is 1.88 bits per heavy atom. The summed E-state index contributed by atoms with van der Waals surface area (Å²) in [5.41, 5.74) is 0. The summed E-state index contributed by atoms with van der Waals surface area (Å²) in [6.45, 7) is 1.64. The molecule has 1 aromatic heterocycles. The molecule has 1 aromatic rings. The lowest BCUT2D eigenvalue weighted by Gasteiger charge is -1.62. The zero-order chi connectivity index (χ0) is 5.28. The van der Waals surface area contributed by atoms with E-state index in [1.807, 2.05) is 0 Å². The summed E-state index contributed by atoms with van der Waals surface area (Å²) in [6, 6.07) is 0. The first-order valence-electron chi connectivity index (χ1n) is 1.81. The van der Waals surface area contributed by atoms with Gasteiger partial charge in [0, 0.05) is 1.43 Å². The standard InChI is InChI=1S/C3H4N2O2.HI.H2/c1-2-4-3(6)7-5-2;;/h1H3,(H,4,5,6);2*1H. The molecule has 1 heterocycles. The van der Waals surface area contributed by atoms with Gasteiger partial charge in [-0.1, -0.05) is 5.16 Å². The van der Waals surface area contributed by atoms with Crippen LogP contribution in [0, 0.1) is 6.92 Å². The van der Waals surface area contributed by atoms with Gasteiger partial charge in [-0.15, -0.1) is 24.0 Å². The predicted molar refractivity (Wildman–Crippen MR) is 39.4 cm³/mol. The molecule has 0 aliphatic carbocycles. The van der Waals surface area contributed by atoms with E-state index in [2.05, 4.69) is 14.7 Å². The molecule has 0 radical (unpaired) electrons. The van der Waals surface area contributed by atoms with Gasteiger partial charge < -0.3 is 0 Å². The van der Waals surface area contributed by atoms with Gasteiger partial charge in [0.25, 0.3) is 0 Å². The van der Waals surface area contributed by atoms with E-state index in [-0.39, 0.29) is 25.4 Å². The van der Waals surface area contributed by atoms with E-state index in [4.69, 9.17) is 0 Å². The van der Waals surface area contributed by atoms with Gasteiger partial charge in [-0.25, -0.2) is 4.79 Å². The van der Waals surface area contributed by atoms with Gasteiger partial charge >= 0.3 is 5.76 Å². The molecule has 0 bridgehead atoms. The summed E-state index contributed by atoms with van der Waals surface area (Å²) in [6.07, 6.45) is 0. The van der Waals surface area contributed by atoms with Crippen molar-refractivity contribution in [1.29, 1.82) is 0 Å². The molecule has 4 nitrogen and oxygen atoms in total. The third-order valence-electron chi connectivity index (χ3n) is 0.548. The molecular formula is C3H7IN2O2. The predicted octanol–water partition coefficient (Wildman–Crippen LogP) is 0.535. The lowest BCUT2D eigenvalue weighted by molar-refractivity contribution is 0.383. The molecular weight excluding hydrogens is 223 g/mol. The Kier molecular flexibility index (Phi) is 2.74. The van der Waals surface area contributed by atoms with Crippen LogP contribution in [0.25, 0.3) is 0 Å². The van der Waals surface area contributed by atoms with Crippen LogP contribution in [0.4, 0.5) is 0 Å². The molecule has 0 aliphatic rings. The molecule has 0 saturated heterocycles. The number of aromatic amines is 1. The van der Waals surface area contributed by atoms with E-state index in [0.717, 1.165) is 0 Å². The van der Waals surface area contributed by atoms with E-state index in [9.17, 15) is 4.79 Å². The average molecular weight is 230 g/mol. The van der Waals surface area contributed by atoms with E-state index in [0.29, 0.717) is 5.82 Å². The van der Waals surface area contributed by atoms with Crippen LogP contribution in [0.15, 0.2) is 9.32 Å². The molecule has 0 spiro atoms. The summed E-state index contributed by atoms with van der Waals surface area (Å²) in [4.78, 5) is 12.3. The van der Waals surface area contributed by atoms with E-state index in [1.54, 1.807) is 6.92 Å². The van der Waals surface area contributed by atoms with Gasteiger partial charge in [0.15, 0.2) is 0 Å². The fraction of sp³-hybridized carbons (Fsp3) is 0.333. The molecule has 0 aromatic carbocycles. The van der Waals surface area contributed by atoms with E-state index < -0.39 is 5.76 Å². The van der Waals surface area contributed by atoms with Crippen molar-refractivity contribution in [3.8, 4) is 0 Å². The number of hydrogen-bond donors (Lipinski definition) is 1. The molecule has 0 amide bonds. The van der Waals surface area contributed by atoms with Crippen LogP contribution < -0.4 is 5.76 Å². The van der Waals surface area contributed by atoms with Gasteiger partial charge in [0.2, 0.25) is 0 Å². The highest BCUT2D eigenvalue weighted by molar-refractivity contribution is 14.0. The zero-order valence-electron chi connectivity index (χ0n) is 4.17. The maximum absolute atomic E-state index is 10.0. The molecule has 0 saturated carbocycles. The number of aryl methyl sites for hydroxylation is 1. The first-order valence-corrected chi connectivity index (χ1v) is 1.81. The SMILES string of the molecule is Cc1noc(=O)[nH]1.I.[HH]. The Balaban J connectivity index is 0. The van der Waals surface area contributed by atoms with E-state index >= 15 is 0 Å². The van der Waals surface area contributed by atoms with Crippen LogP contribution in [0.5, 0.6) is 0 Å². The summed E-state index contributed by atoms with van der Waals surface area (Å²) >= 11 is 0. The number of H-pyrrole nitrogens is 1. The highest BCUT2D eigenvalue weighted by Crippen LogP contribution is 1.72. The third kappa shape index (κ3) is 1.65. The monoisotopic (exact) mass is 230 g/mol. The lowest BCUT2D eigenvalue weighted by atomic mass is 10.8. The van der Waals surface area contributed by atoms with Crippen molar-refractivity contribution in [3.63, 3.8) is 0 Å². The zero-order valence-corrected chi connectivity index (χ0v) is 6.50. The Hall–Kier alpha value is -0.330. The van der Waals surface area contributed by atoms with Gasteiger partial charge in [0.05, 0.1) is 0 Å². The first kappa shape index (κ1) is 7.67. The second kappa shape index (κ2) is 2.85. The average Bonchev–Trinajstić information content (AvgIpc) is 1.87. The number of rotatable bonds is 0. The summed E-state index contributed by atoms with van der Waals surface area (Å²) in [5, 5.41) is 3.27. The van der Waals surface area contributed by atoms with Crippen LogP contribution in [0.3, 0.4) is 0 Å². The smallest absolute Gasteiger partial charge is 0.296 e. The van der Waals surface area contributed by atoms with Crippen molar-refractivity contribution >= 4 is 24.0 Å². The molecule has 0 aliphatic heterocycles. The molecule has 0 unspecified atom stereocenters. The Morgan fingerprint density at radius 2 is 2.50 bits per heavy atom. The van der Waals surface area contributed by atoms with Crippen molar-refractivity contribution < 1.29 is 5.95 Å². The van der Waals surface area contributed by atoms with Crippen LogP contribution in [0.2, 0.25) is 0 Å². The highest BCUT2D eigenvalue weighted by Gasteiger charge is 1.86. The quantitative estimate of drug-likeness (QED) is 0.661. The van der Waals surface area contributed by atoms with Crippen molar-refractivity contribution in [2.75, 3.05) is 0 Å². The largest absolute Gasteiger partial charge is 0.438 e. The molecule has 48 valence electrons. The lowest BCUT2D eigenvalue weighted by Crippen LogP contribution is -1.93. The fourth-order valence-electron chi connectivity index (χ4n) is 0.303. The Morgan fingerprint density at radius 3 is 2.62 bits per heavy atom. The Labute approximate surface area is 63.8 Å². The van der Waals surface area contributed by atoms with Gasteiger partial charge in [0.1, 0.15) is 5.82 Å². The van der Waals surface area contributed by atoms with Crippen LogP contribution in [-0.2, 0) is 0 Å². The molecule has 1 N–H and O–H groups in total. The number of halogens is 1. The number of nitrogens with zero attached hydrogens (tertiary/aromatic N) is 1. The van der Waals surface area contributed by atoms with Crippen molar-refractivity contribution in [1.82, 2.24) is 10.1 Å². The minimum Gasteiger partial charge on any atom is -0.296 e. The fourth-order valence-corrected chi connectivity index (χ4v) is 0.303. The van der Waals surface area contributed by atoms with Crippen molar-refractivity contribution in [3.05, 3.63) is 16.4 Å². The number of aromatic nitrogens is 2. The second-order valence-corrected chi connectivity index (χ2v) is 1.18. The molecule has 0 fully saturated rings. The van der Waals surface area contributed by atoms with Crippen molar-refractivity contribution in [2.24, 2.45) is 0 Å². The highest BCUT2D eigenvalue weighted by atomic mass is 127. The second-order valence-electron chi connectivity index (χ2n) is 1.18. The summed E-state index contributed by atoms with van der Waals surface area (Å²) in [7, 11) is 0. The number of nitrogens with one attached hydrogen (secondary N) is 1. The summed E-state index contributed by atoms with van der Waals surface area (Å²) < 4.78 is 4.10. The molecule has 8 heavy (non-hydrogen) atoms.